The molecule has 4 N–H and O–H groups in total. The van der Waals surface area contributed by atoms with E-state index in [9.17, 15) is 17.2 Å². The molecule has 0 radical (unpaired) electrons. The molecule has 130 valence electrons. The number of rotatable bonds is 4. The van der Waals surface area contributed by atoms with Gasteiger partial charge in [0.25, 0.3) is 0 Å². The third kappa shape index (κ3) is 3.58. The highest BCUT2D eigenvalue weighted by atomic mass is 32.2. The van der Waals surface area contributed by atoms with Gasteiger partial charge in [0.05, 0.1) is 10.5 Å². The van der Waals surface area contributed by atoms with Gasteiger partial charge in [-0.25, -0.2) is 22.3 Å². The van der Waals surface area contributed by atoms with Crippen LogP contribution >= 0.6 is 0 Å². The molecular formula is C15H13F2N5O2S. The molecule has 0 spiro atoms. The van der Waals surface area contributed by atoms with Crippen LogP contribution in [0.2, 0.25) is 0 Å². The number of aromatic nitrogens is 3. The van der Waals surface area contributed by atoms with E-state index in [1.165, 1.54) is 24.3 Å². The van der Waals surface area contributed by atoms with Crippen LogP contribution in [0.1, 0.15) is 0 Å². The lowest BCUT2D eigenvalue weighted by Crippen LogP contribution is -1.99. The van der Waals surface area contributed by atoms with Gasteiger partial charge in [-0.1, -0.05) is 12.1 Å². The largest absolute Gasteiger partial charge is 0.366 e. The monoisotopic (exact) mass is 365 g/mol. The van der Waals surface area contributed by atoms with Gasteiger partial charge in [-0.3, -0.25) is 0 Å². The Morgan fingerprint density at radius 2 is 1.72 bits per heavy atom. The molecular weight excluding hydrogens is 352 g/mol. The number of nitrogens with zero attached hydrogens (tertiary/aromatic N) is 2. The minimum atomic E-state index is -3.39. The summed E-state index contributed by atoms with van der Waals surface area (Å²) in [5.41, 5.74) is 5.42. The van der Waals surface area contributed by atoms with Gasteiger partial charge in [0.15, 0.2) is 9.84 Å². The van der Waals surface area contributed by atoms with Crippen molar-refractivity contribution in [3.63, 3.8) is 0 Å². The lowest BCUT2D eigenvalue weighted by atomic mass is 10.0. The quantitative estimate of drug-likeness (QED) is 0.654. The first kappa shape index (κ1) is 16.8. The maximum Gasteiger partial charge on any atom is 0.241 e. The van der Waals surface area contributed by atoms with Gasteiger partial charge in [-0.2, -0.15) is 4.98 Å². The van der Waals surface area contributed by atoms with Crippen LogP contribution in [0.25, 0.3) is 11.1 Å². The van der Waals surface area contributed by atoms with E-state index in [0.29, 0.717) is 0 Å². The molecule has 0 saturated carbocycles. The minimum Gasteiger partial charge on any atom is -0.366 e. The number of sulfone groups is 1. The van der Waals surface area contributed by atoms with Crippen molar-refractivity contribution in [1.82, 2.24) is 15.2 Å². The van der Waals surface area contributed by atoms with Crippen molar-refractivity contribution in [2.24, 2.45) is 0 Å². The number of anilines is 3. The molecule has 0 atom stereocenters. The summed E-state index contributed by atoms with van der Waals surface area (Å²) < 4.78 is 51.7. The summed E-state index contributed by atoms with van der Waals surface area (Å²) >= 11 is 0. The first-order valence-corrected chi connectivity index (χ1v) is 8.87. The van der Waals surface area contributed by atoms with E-state index in [2.05, 4.69) is 20.5 Å². The number of nitrogens with two attached hydrogens (primary N) is 1. The molecule has 25 heavy (non-hydrogen) atoms. The summed E-state index contributed by atoms with van der Waals surface area (Å²) in [7, 11) is -3.39. The Labute approximate surface area is 141 Å². The van der Waals surface area contributed by atoms with Crippen LogP contribution < -0.4 is 11.1 Å². The first-order chi connectivity index (χ1) is 11.7. The van der Waals surface area contributed by atoms with Crippen molar-refractivity contribution in [3.8, 4) is 11.1 Å². The standard InChI is InChI=1S/C15H13F2N5O2S/c1-25(23,24)10-4-2-8(3-5-10)13-11(16)6-9(7-12(13)17)19-15-20-14(18)21-22-15/h2-7H,1H3,(H4,18,19,20,21,22). The fourth-order valence-electron chi connectivity index (χ4n) is 2.26. The van der Waals surface area contributed by atoms with Crippen LogP contribution in [0.5, 0.6) is 0 Å². The third-order valence-corrected chi connectivity index (χ3v) is 4.51. The molecule has 3 rings (SSSR count). The van der Waals surface area contributed by atoms with Crippen molar-refractivity contribution in [1.29, 1.82) is 0 Å². The van der Waals surface area contributed by atoms with Crippen LogP contribution in [-0.2, 0) is 9.84 Å². The van der Waals surface area contributed by atoms with E-state index in [1.807, 2.05) is 0 Å². The lowest BCUT2D eigenvalue weighted by Gasteiger charge is -2.09. The van der Waals surface area contributed by atoms with Crippen LogP contribution in [0, 0.1) is 11.6 Å². The molecule has 0 saturated heterocycles. The molecule has 0 unspecified atom stereocenters. The highest BCUT2D eigenvalue weighted by molar-refractivity contribution is 7.90. The molecule has 0 amide bonds. The summed E-state index contributed by atoms with van der Waals surface area (Å²) in [6, 6.07) is 7.47. The Balaban J connectivity index is 1.95. The van der Waals surface area contributed by atoms with E-state index in [4.69, 9.17) is 5.73 Å². The smallest absolute Gasteiger partial charge is 0.241 e. The Bertz CT molecular complexity index is 1010. The van der Waals surface area contributed by atoms with Crippen LogP contribution in [0.4, 0.5) is 26.4 Å². The number of nitrogen functional groups attached to an aromatic ring is 1. The molecule has 0 aliphatic heterocycles. The summed E-state index contributed by atoms with van der Waals surface area (Å²) in [5, 5.41) is 8.70. The van der Waals surface area contributed by atoms with Gasteiger partial charge in [0.2, 0.25) is 11.9 Å². The van der Waals surface area contributed by atoms with Crippen molar-refractivity contribution >= 4 is 27.4 Å². The van der Waals surface area contributed by atoms with E-state index in [1.54, 1.807) is 0 Å². The molecule has 0 bridgehead atoms. The Kier molecular flexibility index (Phi) is 4.13. The molecule has 0 aliphatic carbocycles. The second kappa shape index (κ2) is 6.13. The predicted molar refractivity (Wildman–Crippen MR) is 89.0 cm³/mol. The van der Waals surface area contributed by atoms with Gasteiger partial charge < -0.3 is 11.1 Å². The second-order valence-electron chi connectivity index (χ2n) is 5.28. The highest BCUT2D eigenvalue weighted by Crippen LogP contribution is 2.30. The molecule has 10 heteroatoms. The van der Waals surface area contributed by atoms with Crippen LogP contribution in [0.15, 0.2) is 41.3 Å². The average Bonchev–Trinajstić information content (AvgIpc) is 2.91. The van der Waals surface area contributed by atoms with E-state index < -0.39 is 21.5 Å². The molecule has 1 heterocycles. The molecule has 0 fully saturated rings. The van der Waals surface area contributed by atoms with Crippen LogP contribution in [0.3, 0.4) is 0 Å². The summed E-state index contributed by atoms with van der Waals surface area (Å²) in [6.45, 7) is 0. The number of aromatic amines is 1. The third-order valence-electron chi connectivity index (χ3n) is 3.38. The SMILES string of the molecule is CS(=O)(=O)c1ccc(-c2c(F)cc(Nc3nc(N)n[nH]3)cc2F)cc1. The van der Waals surface area contributed by atoms with E-state index in [0.717, 1.165) is 18.4 Å². The molecule has 3 aromatic rings. The fourth-order valence-corrected chi connectivity index (χ4v) is 2.89. The number of benzene rings is 2. The number of halogens is 2. The zero-order valence-corrected chi connectivity index (χ0v) is 13.7. The second-order valence-corrected chi connectivity index (χ2v) is 7.29. The topological polar surface area (TPSA) is 114 Å². The van der Waals surface area contributed by atoms with Crippen molar-refractivity contribution in [2.75, 3.05) is 17.3 Å². The zero-order valence-electron chi connectivity index (χ0n) is 12.9. The number of H-pyrrole nitrogens is 1. The predicted octanol–water partition coefficient (Wildman–Crippen LogP) is 2.48. The van der Waals surface area contributed by atoms with Crippen molar-refractivity contribution in [3.05, 3.63) is 48.0 Å². The molecule has 7 nitrogen and oxygen atoms in total. The van der Waals surface area contributed by atoms with E-state index in [-0.39, 0.29) is 33.6 Å². The summed E-state index contributed by atoms with van der Waals surface area (Å²) in [6.07, 6.45) is 1.06. The van der Waals surface area contributed by atoms with Gasteiger partial charge in [0.1, 0.15) is 11.6 Å². The Morgan fingerprint density at radius 3 is 2.20 bits per heavy atom. The molecule has 1 aromatic heterocycles. The maximum absolute atomic E-state index is 14.4. The average molecular weight is 365 g/mol. The molecule has 0 aliphatic rings. The minimum absolute atomic E-state index is 0.00831. The normalized spacial score (nSPS) is 11.5. The van der Waals surface area contributed by atoms with Crippen molar-refractivity contribution in [2.45, 2.75) is 4.90 Å². The number of hydrogen-bond donors (Lipinski definition) is 3. The number of hydrogen-bond acceptors (Lipinski definition) is 6. The Morgan fingerprint density at radius 1 is 1.12 bits per heavy atom. The fraction of sp³-hybridized carbons (Fsp3) is 0.0667. The highest BCUT2D eigenvalue weighted by Gasteiger charge is 2.15. The summed E-state index contributed by atoms with van der Waals surface area (Å²) in [4.78, 5) is 3.84. The van der Waals surface area contributed by atoms with E-state index >= 15 is 0 Å². The van der Waals surface area contributed by atoms with Gasteiger partial charge in [-0.15, -0.1) is 5.10 Å². The first-order valence-electron chi connectivity index (χ1n) is 6.98. The van der Waals surface area contributed by atoms with Gasteiger partial charge in [0, 0.05) is 11.9 Å². The van der Waals surface area contributed by atoms with Crippen LogP contribution in [-0.4, -0.2) is 29.9 Å². The number of nitrogens with one attached hydrogen (secondary N) is 2. The zero-order chi connectivity index (χ0) is 18.2. The lowest BCUT2D eigenvalue weighted by molar-refractivity contribution is 0.590. The molecule has 2 aromatic carbocycles. The maximum atomic E-state index is 14.4. The van der Waals surface area contributed by atoms with Gasteiger partial charge >= 0.3 is 0 Å². The Hall–Kier alpha value is -3.01. The van der Waals surface area contributed by atoms with Crippen molar-refractivity contribution < 1.29 is 17.2 Å². The summed E-state index contributed by atoms with van der Waals surface area (Å²) in [5.74, 6) is -1.50. The van der Waals surface area contributed by atoms with Gasteiger partial charge in [-0.05, 0) is 29.8 Å².